The maximum absolute atomic E-state index is 14.3. The molecular formula is C33H37F7N10O5. The average Bonchev–Trinajstić information content (AvgIpc) is 3.64. The van der Waals surface area contributed by atoms with Gasteiger partial charge in [-0.2, -0.15) is 30.7 Å². The fourth-order valence-corrected chi connectivity index (χ4v) is 6.37. The smallest absolute Gasteiger partial charge is 0.417 e. The number of alkyl halides is 7. The molecular weight excluding hydrogens is 749 g/mol. The third-order valence-corrected chi connectivity index (χ3v) is 9.23. The molecule has 0 unspecified atom stereocenters. The van der Waals surface area contributed by atoms with Crippen LogP contribution in [0.4, 0.5) is 47.2 Å². The van der Waals surface area contributed by atoms with Crippen molar-refractivity contribution >= 4 is 35.1 Å². The van der Waals surface area contributed by atoms with Crippen LogP contribution < -0.4 is 15.5 Å². The van der Waals surface area contributed by atoms with Crippen LogP contribution in [0.1, 0.15) is 11.1 Å². The van der Waals surface area contributed by atoms with Crippen LogP contribution in [0.15, 0.2) is 36.7 Å². The summed E-state index contributed by atoms with van der Waals surface area (Å²) in [6.45, 7) is 0.832. The van der Waals surface area contributed by atoms with Crippen LogP contribution in [-0.4, -0.2) is 150 Å². The van der Waals surface area contributed by atoms with Gasteiger partial charge in [0.25, 0.3) is 0 Å². The first-order valence-electron chi connectivity index (χ1n) is 17.1. The minimum Gasteiger partial charge on any atom is -0.453 e. The number of hydrogen-bond donors (Lipinski definition) is 2. The molecule has 6 heterocycles. The number of ether oxygens (including phenoxy) is 2. The number of anilines is 2. The van der Waals surface area contributed by atoms with Crippen LogP contribution in [0.5, 0.6) is 0 Å². The van der Waals surface area contributed by atoms with Crippen molar-refractivity contribution in [1.29, 1.82) is 0 Å². The Morgan fingerprint density at radius 3 is 2.33 bits per heavy atom. The highest BCUT2D eigenvalue weighted by Gasteiger charge is 2.62. The number of nitrogens with one attached hydrogen (secondary N) is 2. The Labute approximate surface area is 309 Å². The van der Waals surface area contributed by atoms with E-state index in [0.29, 0.717) is 76.4 Å². The highest BCUT2D eigenvalue weighted by Crippen LogP contribution is 2.41. The first-order valence-corrected chi connectivity index (χ1v) is 17.1. The fourth-order valence-electron chi connectivity index (χ4n) is 6.37. The summed E-state index contributed by atoms with van der Waals surface area (Å²) in [5.74, 6) is -9.53. The first kappa shape index (κ1) is 39.6. The lowest BCUT2D eigenvalue weighted by molar-refractivity contribution is -0.172. The molecule has 0 saturated carbocycles. The molecule has 3 aromatic rings. The van der Waals surface area contributed by atoms with Gasteiger partial charge in [-0.1, -0.05) is 6.08 Å². The molecule has 0 aromatic carbocycles. The summed E-state index contributed by atoms with van der Waals surface area (Å²) in [6.07, 6.45) is -1.01. The molecule has 0 aliphatic carbocycles. The van der Waals surface area contributed by atoms with E-state index < -0.39 is 54.2 Å². The summed E-state index contributed by atoms with van der Waals surface area (Å²) in [5, 5.41) is 8.99. The molecule has 55 heavy (non-hydrogen) atoms. The van der Waals surface area contributed by atoms with E-state index in [1.54, 1.807) is 11.1 Å². The quantitative estimate of drug-likeness (QED) is 0.231. The van der Waals surface area contributed by atoms with Gasteiger partial charge < -0.3 is 24.6 Å². The number of rotatable bonds is 10. The number of likely N-dealkylation sites (tertiary alicyclic amines) is 1. The number of amides is 3. The van der Waals surface area contributed by atoms with Gasteiger partial charge in [0.05, 0.1) is 51.1 Å². The van der Waals surface area contributed by atoms with Crippen LogP contribution in [0, 0.1) is 0 Å². The van der Waals surface area contributed by atoms with E-state index in [1.807, 2.05) is 11.0 Å². The van der Waals surface area contributed by atoms with Crippen LogP contribution in [0.3, 0.4) is 0 Å². The maximum atomic E-state index is 14.3. The molecule has 6 rings (SSSR count). The minimum atomic E-state index is -4.85. The van der Waals surface area contributed by atoms with Crippen molar-refractivity contribution in [2.24, 2.45) is 0 Å². The Morgan fingerprint density at radius 1 is 0.982 bits per heavy atom. The zero-order valence-electron chi connectivity index (χ0n) is 29.4. The number of pyridine rings is 1. The lowest BCUT2D eigenvalue weighted by Gasteiger charge is -2.34. The van der Waals surface area contributed by atoms with Gasteiger partial charge in [-0.25, -0.2) is 19.3 Å². The number of halogens is 7. The number of methoxy groups -OCH3 is 1. The molecule has 0 spiro atoms. The lowest BCUT2D eigenvalue weighted by Crippen LogP contribution is -2.50. The van der Waals surface area contributed by atoms with E-state index in [0.717, 1.165) is 29.8 Å². The molecule has 3 aromatic heterocycles. The molecule has 3 aliphatic heterocycles. The van der Waals surface area contributed by atoms with Crippen LogP contribution >= 0.6 is 0 Å². The Bertz CT molecular complexity index is 1910. The molecule has 3 fully saturated rings. The molecule has 2 N–H and O–H groups in total. The van der Waals surface area contributed by atoms with Gasteiger partial charge in [-0.15, -0.1) is 5.10 Å². The topological polar surface area (TPSA) is 150 Å². The number of carbonyl (C=O) groups excluding carboxylic acids is 3. The second-order valence-electron chi connectivity index (χ2n) is 13.1. The molecule has 0 bridgehead atoms. The molecule has 15 nitrogen and oxygen atoms in total. The van der Waals surface area contributed by atoms with Crippen molar-refractivity contribution in [3.63, 3.8) is 0 Å². The average molecular weight is 787 g/mol. The van der Waals surface area contributed by atoms with Crippen molar-refractivity contribution in [2.75, 3.05) is 96.0 Å². The van der Waals surface area contributed by atoms with Crippen molar-refractivity contribution in [3.8, 4) is 11.4 Å². The van der Waals surface area contributed by atoms with Crippen molar-refractivity contribution in [2.45, 2.75) is 24.6 Å². The maximum Gasteiger partial charge on any atom is 0.417 e. The van der Waals surface area contributed by atoms with E-state index in [-0.39, 0.29) is 30.6 Å². The number of aromatic nitrogens is 4. The summed E-state index contributed by atoms with van der Waals surface area (Å²) in [6, 6.07) is 2.53. The zero-order chi connectivity index (χ0) is 39.5. The fraction of sp³-hybridized carbons (Fsp3) is 0.515. The predicted octanol–water partition coefficient (Wildman–Crippen LogP) is 2.73. The summed E-state index contributed by atoms with van der Waals surface area (Å²) < 4.78 is 108. The number of hydrogen-bond acceptors (Lipinski definition) is 11. The van der Waals surface area contributed by atoms with Crippen molar-refractivity contribution in [3.05, 3.63) is 47.8 Å². The third kappa shape index (κ3) is 9.24. The number of nitrogens with zero attached hydrogens (tertiary/aromatic N) is 8. The number of morpholine rings is 1. The van der Waals surface area contributed by atoms with Gasteiger partial charge in [0, 0.05) is 70.8 Å². The van der Waals surface area contributed by atoms with E-state index >= 15 is 0 Å². The van der Waals surface area contributed by atoms with Crippen LogP contribution in [0.25, 0.3) is 16.9 Å². The lowest BCUT2D eigenvalue weighted by atomic mass is 10.1. The Morgan fingerprint density at radius 2 is 1.67 bits per heavy atom. The summed E-state index contributed by atoms with van der Waals surface area (Å²) >= 11 is 0. The summed E-state index contributed by atoms with van der Waals surface area (Å²) in [7, 11) is 1.07. The second-order valence-corrected chi connectivity index (χ2v) is 13.1. The molecule has 3 saturated heterocycles. The third-order valence-electron chi connectivity index (χ3n) is 9.23. The molecule has 0 atom stereocenters. The zero-order valence-corrected chi connectivity index (χ0v) is 29.4. The molecule has 3 aliphatic rings. The Kier molecular flexibility index (Phi) is 11.5. The largest absolute Gasteiger partial charge is 0.453 e. The normalized spacial score (nSPS) is 19.3. The van der Waals surface area contributed by atoms with Gasteiger partial charge in [0.15, 0.2) is 11.6 Å². The van der Waals surface area contributed by atoms with E-state index in [2.05, 4.69) is 35.3 Å². The monoisotopic (exact) mass is 786 g/mol. The highest BCUT2D eigenvalue weighted by atomic mass is 19.4. The number of carbonyl (C=O) groups is 3. The Balaban J connectivity index is 1.09. The van der Waals surface area contributed by atoms with Gasteiger partial charge in [-0.3, -0.25) is 24.7 Å². The van der Waals surface area contributed by atoms with Gasteiger partial charge in [0.1, 0.15) is 11.3 Å². The standard InChI is InChI=1S/C33H37F7N10O5/c1-54-30(53)43-25-14-23(33(38,39)40)22(15-41-25)28-44-29(49-9-11-55-12-10-49)24-13-21(18-50(24)45-28)17-46-5-7-48(8-6-46)27(52)16-42-26(51)3-2-4-47-19-31(34,35)32(36,37)20-47/h2-3,13-15,18H,4-12,16-17,19-20H2,1H3,(H,42,51)(H,41,43,53)/b3-2+. The molecule has 22 heteroatoms. The second kappa shape index (κ2) is 15.9. The first-order chi connectivity index (χ1) is 26.0. The molecule has 0 radical (unpaired) electrons. The van der Waals surface area contributed by atoms with Crippen molar-refractivity contribution in [1.82, 2.24) is 39.6 Å². The predicted molar refractivity (Wildman–Crippen MR) is 181 cm³/mol. The van der Waals surface area contributed by atoms with Gasteiger partial charge >= 0.3 is 24.1 Å². The van der Waals surface area contributed by atoms with Crippen LogP contribution in [-0.2, 0) is 31.8 Å². The summed E-state index contributed by atoms with van der Waals surface area (Å²) in [5.41, 5.74) is -0.169. The van der Waals surface area contributed by atoms with E-state index in [1.165, 1.54) is 10.6 Å². The molecule has 3 amide bonds. The van der Waals surface area contributed by atoms with Crippen LogP contribution in [0.2, 0.25) is 0 Å². The van der Waals surface area contributed by atoms with Crippen molar-refractivity contribution < 1.29 is 54.6 Å². The van der Waals surface area contributed by atoms with Gasteiger partial charge in [0.2, 0.25) is 11.8 Å². The molecule has 298 valence electrons. The summed E-state index contributed by atoms with van der Waals surface area (Å²) in [4.78, 5) is 51.5. The van der Waals surface area contributed by atoms with E-state index in [4.69, 9.17) is 4.74 Å². The number of piperazine rings is 1. The van der Waals surface area contributed by atoms with Gasteiger partial charge in [-0.05, 0) is 17.7 Å². The SMILES string of the molecule is COC(=O)Nc1cc(C(F)(F)F)c(-c2nc(N3CCOCC3)c3cc(CN4CCN(C(=O)CNC(=O)/C=C/CN5CC(F)(F)C(F)(F)C5)CC4)cn3n2)cn1. The Hall–Kier alpha value is -5.09. The number of fused-ring (bicyclic) bond motifs is 1. The minimum absolute atomic E-state index is 0.240. The van der Waals surface area contributed by atoms with E-state index in [9.17, 15) is 45.1 Å². The highest BCUT2D eigenvalue weighted by molar-refractivity contribution is 5.91.